The summed E-state index contributed by atoms with van der Waals surface area (Å²) in [6.07, 6.45) is 1.77. The number of benzene rings is 3. The van der Waals surface area contributed by atoms with E-state index in [2.05, 4.69) is 5.32 Å². The predicted molar refractivity (Wildman–Crippen MR) is 108 cm³/mol. The van der Waals surface area contributed by atoms with Crippen LogP contribution in [0.2, 0.25) is 0 Å². The fraction of sp³-hybridized carbons (Fsp3) is 0.130. The van der Waals surface area contributed by atoms with Crippen LogP contribution in [0, 0.1) is 0 Å². The van der Waals surface area contributed by atoms with Crippen molar-refractivity contribution in [2.45, 2.75) is 19.3 Å². The quantitative estimate of drug-likeness (QED) is 0.572. The number of carboxylic acids is 1. The lowest BCUT2D eigenvalue weighted by molar-refractivity contribution is -0.116. The molecule has 0 saturated carbocycles. The van der Waals surface area contributed by atoms with Crippen LogP contribution in [0.4, 0.5) is 5.69 Å². The Bertz CT molecular complexity index is 939. The number of aromatic carboxylic acids is 1. The number of nitrogens with one attached hydrogen (secondary N) is 1. The van der Waals surface area contributed by atoms with Gasteiger partial charge in [0.05, 0.1) is 11.3 Å². The van der Waals surface area contributed by atoms with Crippen molar-refractivity contribution in [2.75, 3.05) is 5.32 Å². The number of rotatable bonds is 8. The van der Waals surface area contributed by atoms with Gasteiger partial charge in [-0.05, 0) is 42.7 Å². The van der Waals surface area contributed by atoms with Gasteiger partial charge in [0.2, 0.25) is 5.91 Å². The Hall–Kier alpha value is -3.60. The molecule has 0 heterocycles. The van der Waals surface area contributed by atoms with Gasteiger partial charge < -0.3 is 15.2 Å². The van der Waals surface area contributed by atoms with E-state index in [1.54, 1.807) is 18.2 Å². The number of carbonyl (C=O) groups excluding carboxylic acids is 1. The number of ether oxygens (including phenoxy) is 1. The fourth-order valence-corrected chi connectivity index (χ4v) is 2.81. The van der Waals surface area contributed by atoms with Gasteiger partial charge in [-0.25, -0.2) is 4.79 Å². The minimum Gasteiger partial charge on any atom is -0.478 e. The van der Waals surface area contributed by atoms with E-state index in [1.807, 2.05) is 48.5 Å². The van der Waals surface area contributed by atoms with E-state index in [9.17, 15) is 14.7 Å². The smallest absolute Gasteiger partial charge is 0.337 e. The first kappa shape index (κ1) is 19.2. The van der Waals surface area contributed by atoms with Crippen molar-refractivity contribution in [3.8, 4) is 11.5 Å². The second-order valence-corrected chi connectivity index (χ2v) is 6.31. The summed E-state index contributed by atoms with van der Waals surface area (Å²) < 4.78 is 5.73. The molecule has 1 amide bonds. The van der Waals surface area contributed by atoms with Crippen LogP contribution in [-0.4, -0.2) is 17.0 Å². The van der Waals surface area contributed by atoms with E-state index < -0.39 is 5.97 Å². The van der Waals surface area contributed by atoms with E-state index in [0.29, 0.717) is 24.3 Å². The Kier molecular flexibility index (Phi) is 6.41. The van der Waals surface area contributed by atoms with Crippen LogP contribution in [-0.2, 0) is 11.2 Å². The second kappa shape index (κ2) is 9.37. The zero-order valence-electron chi connectivity index (χ0n) is 15.3. The van der Waals surface area contributed by atoms with Crippen LogP contribution < -0.4 is 10.1 Å². The van der Waals surface area contributed by atoms with Crippen molar-refractivity contribution >= 4 is 17.6 Å². The lowest BCUT2D eigenvalue weighted by atomic mass is 10.1. The standard InChI is InChI=1S/C23H21NO4/c25-22(13-7-10-17-8-3-1-4-9-17)24-21-16-19(14-15-20(21)23(26)27)28-18-11-5-2-6-12-18/h1-6,8-9,11-12,14-16H,7,10,13H2,(H,24,25)(H,26,27). The molecule has 142 valence electrons. The van der Waals surface area contributed by atoms with Gasteiger partial charge in [-0.15, -0.1) is 0 Å². The minimum atomic E-state index is -1.11. The highest BCUT2D eigenvalue weighted by molar-refractivity contribution is 6.00. The van der Waals surface area contributed by atoms with Gasteiger partial charge in [0.15, 0.2) is 0 Å². The Morgan fingerprint density at radius 1 is 0.857 bits per heavy atom. The second-order valence-electron chi connectivity index (χ2n) is 6.31. The minimum absolute atomic E-state index is 0.0248. The highest BCUT2D eigenvalue weighted by Crippen LogP contribution is 2.27. The van der Waals surface area contributed by atoms with Gasteiger partial charge in [-0.2, -0.15) is 0 Å². The molecule has 3 aromatic rings. The van der Waals surface area contributed by atoms with Gasteiger partial charge in [-0.1, -0.05) is 48.5 Å². The normalized spacial score (nSPS) is 10.3. The van der Waals surface area contributed by atoms with Crippen LogP contribution in [0.15, 0.2) is 78.9 Å². The molecule has 28 heavy (non-hydrogen) atoms. The number of anilines is 1. The largest absolute Gasteiger partial charge is 0.478 e. The fourth-order valence-electron chi connectivity index (χ4n) is 2.81. The zero-order chi connectivity index (χ0) is 19.8. The topological polar surface area (TPSA) is 75.6 Å². The Balaban J connectivity index is 1.65. The van der Waals surface area contributed by atoms with Crippen LogP contribution >= 0.6 is 0 Å². The van der Waals surface area contributed by atoms with E-state index in [-0.39, 0.29) is 17.2 Å². The highest BCUT2D eigenvalue weighted by Gasteiger charge is 2.14. The van der Waals surface area contributed by atoms with Gasteiger partial charge in [0.25, 0.3) is 0 Å². The van der Waals surface area contributed by atoms with Crippen molar-refractivity contribution in [3.63, 3.8) is 0 Å². The molecule has 5 heteroatoms. The van der Waals surface area contributed by atoms with E-state index in [1.165, 1.54) is 17.7 Å². The lowest BCUT2D eigenvalue weighted by Gasteiger charge is -2.12. The van der Waals surface area contributed by atoms with Crippen molar-refractivity contribution in [1.29, 1.82) is 0 Å². The summed E-state index contributed by atoms with van der Waals surface area (Å²) in [4.78, 5) is 23.8. The third-order valence-electron chi connectivity index (χ3n) is 4.19. The summed E-state index contributed by atoms with van der Waals surface area (Å²) in [7, 11) is 0. The molecule has 0 aliphatic heterocycles. The molecule has 0 unspecified atom stereocenters. The third-order valence-corrected chi connectivity index (χ3v) is 4.19. The summed E-state index contributed by atoms with van der Waals surface area (Å²) in [6.45, 7) is 0. The summed E-state index contributed by atoms with van der Waals surface area (Å²) in [5.41, 5.74) is 1.42. The van der Waals surface area contributed by atoms with Gasteiger partial charge in [0, 0.05) is 12.5 Å². The summed E-state index contributed by atoms with van der Waals surface area (Å²) in [6, 6.07) is 23.6. The number of hydrogen-bond acceptors (Lipinski definition) is 3. The van der Waals surface area contributed by atoms with Crippen LogP contribution in [0.25, 0.3) is 0 Å². The SMILES string of the molecule is O=C(CCCc1ccccc1)Nc1cc(Oc2ccccc2)ccc1C(=O)O. The molecule has 3 aromatic carbocycles. The Labute approximate surface area is 163 Å². The molecule has 0 fully saturated rings. The molecule has 0 aliphatic rings. The number of carbonyl (C=O) groups is 2. The molecule has 0 saturated heterocycles. The number of aryl methyl sites for hydroxylation is 1. The monoisotopic (exact) mass is 375 g/mol. The first-order chi connectivity index (χ1) is 13.6. The first-order valence-electron chi connectivity index (χ1n) is 9.06. The van der Waals surface area contributed by atoms with Crippen molar-refractivity contribution < 1.29 is 19.4 Å². The molecule has 0 radical (unpaired) electrons. The molecule has 3 rings (SSSR count). The van der Waals surface area contributed by atoms with E-state index >= 15 is 0 Å². The number of hydrogen-bond donors (Lipinski definition) is 2. The molecule has 0 atom stereocenters. The third kappa shape index (κ3) is 5.45. The predicted octanol–water partition coefficient (Wildman–Crippen LogP) is 5.14. The maximum absolute atomic E-state index is 12.3. The lowest BCUT2D eigenvalue weighted by Crippen LogP contribution is -2.14. The molecular weight excluding hydrogens is 354 g/mol. The Morgan fingerprint density at radius 2 is 1.54 bits per heavy atom. The van der Waals surface area contributed by atoms with Crippen LogP contribution in [0.5, 0.6) is 11.5 Å². The van der Waals surface area contributed by atoms with Crippen molar-refractivity contribution in [1.82, 2.24) is 0 Å². The van der Waals surface area contributed by atoms with Crippen LogP contribution in [0.1, 0.15) is 28.8 Å². The molecular formula is C23H21NO4. The number of carboxylic acid groups (broad SMARTS) is 1. The van der Waals surface area contributed by atoms with E-state index in [4.69, 9.17) is 4.74 Å². The van der Waals surface area contributed by atoms with E-state index in [0.717, 1.165) is 6.42 Å². The molecule has 0 aliphatic carbocycles. The zero-order valence-corrected chi connectivity index (χ0v) is 15.3. The van der Waals surface area contributed by atoms with Crippen molar-refractivity contribution in [3.05, 3.63) is 90.0 Å². The summed E-state index contributed by atoms with van der Waals surface area (Å²) in [5, 5.41) is 12.1. The van der Waals surface area contributed by atoms with Gasteiger partial charge in [0.1, 0.15) is 11.5 Å². The van der Waals surface area contributed by atoms with Crippen molar-refractivity contribution in [2.24, 2.45) is 0 Å². The average Bonchev–Trinajstić information content (AvgIpc) is 2.69. The Morgan fingerprint density at radius 3 is 2.21 bits per heavy atom. The summed E-state index contributed by atoms with van der Waals surface area (Å²) >= 11 is 0. The molecule has 0 aromatic heterocycles. The van der Waals surface area contributed by atoms with Gasteiger partial charge in [-0.3, -0.25) is 4.79 Å². The summed E-state index contributed by atoms with van der Waals surface area (Å²) in [5.74, 6) is -0.248. The van der Waals surface area contributed by atoms with Crippen LogP contribution in [0.3, 0.4) is 0 Å². The van der Waals surface area contributed by atoms with Gasteiger partial charge >= 0.3 is 5.97 Å². The highest BCUT2D eigenvalue weighted by atomic mass is 16.5. The first-order valence-corrected chi connectivity index (χ1v) is 9.06. The molecule has 5 nitrogen and oxygen atoms in total. The molecule has 2 N–H and O–H groups in total. The molecule has 0 bridgehead atoms. The average molecular weight is 375 g/mol. The maximum atomic E-state index is 12.3. The number of para-hydroxylation sites is 1. The number of amides is 1. The maximum Gasteiger partial charge on any atom is 0.337 e. The molecule has 0 spiro atoms.